The topological polar surface area (TPSA) is 80.7 Å². The molecule has 3 N–H and O–H groups in total. The van der Waals surface area contributed by atoms with Crippen LogP contribution in [-0.2, 0) is 0 Å². The maximum atomic E-state index is 8.72. The average molecular weight is 292 g/mol. The maximum Gasteiger partial charge on any atom is 0.238 e. The summed E-state index contributed by atoms with van der Waals surface area (Å²) in [5, 5.41) is 11.8. The van der Waals surface area contributed by atoms with E-state index >= 15 is 0 Å². The van der Waals surface area contributed by atoms with E-state index < -0.39 is 0 Å². The zero-order valence-corrected chi connectivity index (χ0v) is 11.8. The van der Waals surface area contributed by atoms with E-state index in [1.54, 1.807) is 6.07 Å². The van der Waals surface area contributed by atoms with Crippen molar-refractivity contribution < 1.29 is 9.94 Å². The number of amidine groups is 1. The van der Waals surface area contributed by atoms with E-state index in [2.05, 4.69) is 10.1 Å². The van der Waals surface area contributed by atoms with Crippen LogP contribution in [0, 0.1) is 13.8 Å². The molecule has 0 bridgehead atoms. The predicted molar refractivity (Wildman–Crippen MR) is 77.7 cm³/mol. The Morgan fingerprint density at radius 2 is 2.10 bits per heavy atom. The van der Waals surface area contributed by atoms with Gasteiger partial charge in [-0.2, -0.15) is 0 Å². The summed E-state index contributed by atoms with van der Waals surface area (Å²) in [4.78, 5) is 4.08. The largest absolute Gasteiger partial charge is 0.437 e. The molecule has 2 rings (SSSR count). The summed E-state index contributed by atoms with van der Waals surface area (Å²) in [5.74, 6) is 0.781. The molecule has 0 spiro atoms. The Morgan fingerprint density at radius 1 is 1.35 bits per heavy atom. The number of rotatable bonds is 3. The first-order chi connectivity index (χ1) is 9.54. The number of aryl methyl sites for hydroxylation is 1. The van der Waals surface area contributed by atoms with Gasteiger partial charge in [0.25, 0.3) is 0 Å². The Morgan fingerprint density at radius 3 is 2.80 bits per heavy atom. The molecule has 0 saturated carbocycles. The van der Waals surface area contributed by atoms with Crippen molar-refractivity contribution in [2.24, 2.45) is 10.9 Å². The van der Waals surface area contributed by atoms with Gasteiger partial charge >= 0.3 is 0 Å². The van der Waals surface area contributed by atoms with Gasteiger partial charge in [-0.05, 0) is 37.1 Å². The van der Waals surface area contributed by atoms with E-state index in [4.69, 9.17) is 27.3 Å². The number of oxime groups is 1. The van der Waals surface area contributed by atoms with E-state index in [0.717, 1.165) is 11.1 Å². The highest BCUT2D eigenvalue weighted by atomic mass is 35.5. The Balaban J connectivity index is 2.42. The van der Waals surface area contributed by atoms with Crippen molar-refractivity contribution in [3.05, 3.63) is 52.2 Å². The highest BCUT2D eigenvalue weighted by Crippen LogP contribution is 2.32. The van der Waals surface area contributed by atoms with Crippen LogP contribution in [0.2, 0.25) is 5.02 Å². The molecule has 104 valence electrons. The van der Waals surface area contributed by atoms with Gasteiger partial charge in [0.15, 0.2) is 5.84 Å². The molecular formula is C14H14ClN3O2. The Kier molecular flexibility index (Phi) is 4.10. The van der Waals surface area contributed by atoms with Crippen LogP contribution in [-0.4, -0.2) is 16.0 Å². The van der Waals surface area contributed by atoms with Crippen molar-refractivity contribution >= 4 is 17.4 Å². The summed E-state index contributed by atoms with van der Waals surface area (Å²) < 4.78 is 5.72. The lowest BCUT2D eigenvalue weighted by Crippen LogP contribution is -2.14. The first kappa shape index (κ1) is 14.1. The van der Waals surface area contributed by atoms with Gasteiger partial charge < -0.3 is 15.7 Å². The fourth-order valence-corrected chi connectivity index (χ4v) is 1.93. The molecule has 0 fully saturated rings. The van der Waals surface area contributed by atoms with Gasteiger partial charge in [-0.3, -0.25) is 0 Å². The normalized spacial score (nSPS) is 11.4. The lowest BCUT2D eigenvalue weighted by Gasteiger charge is -2.12. The minimum absolute atomic E-state index is 0.0942. The minimum atomic E-state index is -0.0942. The van der Waals surface area contributed by atoms with Gasteiger partial charge in [-0.1, -0.05) is 28.9 Å². The van der Waals surface area contributed by atoms with E-state index in [9.17, 15) is 0 Å². The molecule has 6 heteroatoms. The van der Waals surface area contributed by atoms with Gasteiger partial charge in [0.1, 0.15) is 10.8 Å². The summed E-state index contributed by atoms with van der Waals surface area (Å²) >= 11 is 6.17. The Bertz CT molecular complexity index is 671. The van der Waals surface area contributed by atoms with E-state index in [1.807, 2.05) is 32.0 Å². The summed E-state index contributed by atoms with van der Waals surface area (Å²) in [7, 11) is 0. The fraction of sp³-hybridized carbons (Fsp3) is 0.143. The highest BCUT2D eigenvalue weighted by Gasteiger charge is 2.14. The third kappa shape index (κ3) is 2.67. The number of aromatic nitrogens is 1. The number of hydrogen-bond acceptors (Lipinski definition) is 4. The molecule has 1 aromatic heterocycles. The van der Waals surface area contributed by atoms with Crippen LogP contribution >= 0.6 is 11.6 Å². The van der Waals surface area contributed by atoms with Gasteiger partial charge in [0.05, 0.1) is 0 Å². The smallest absolute Gasteiger partial charge is 0.238 e. The minimum Gasteiger partial charge on any atom is -0.437 e. The number of benzene rings is 1. The molecule has 0 atom stereocenters. The van der Waals surface area contributed by atoms with Crippen LogP contribution in [0.4, 0.5) is 0 Å². The molecule has 1 aromatic carbocycles. The quantitative estimate of drug-likeness (QED) is 0.394. The van der Waals surface area contributed by atoms with Crippen molar-refractivity contribution in [3.8, 4) is 11.6 Å². The van der Waals surface area contributed by atoms with Crippen molar-refractivity contribution in [2.75, 3.05) is 0 Å². The summed E-state index contributed by atoms with van der Waals surface area (Å²) in [6.45, 7) is 3.94. The summed E-state index contributed by atoms with van der Waals surface area (Å²) in [6.07, 6.45) is 1.49. The number of hydrogen-bond donors (Lipinski definition) is 2. The molecule has 0 radical (unpaired) electrons. The molecule has 0 aliphatic heterocycles. The number of ether oxygens (including phenoxy) is 1. The van der Waals surface area contributed by atoms with Gasteiger partial charge in [-0.15, -0.1) is 0 Å². The number of halogens is 1. The van der Waals surface area contributed by atoms with Crippen LogP contribution in [0.25, 0.3) is 0 Å². The molecule has 2 aromatic rings. The van der Waals surface area contributed by atoms with Crippen LogP contribution in [0.15, 0.2) is 35.6 Å². The number of pyridine rings is 1. The van der Waals surface area contributed by atoms with Gasteiger partial charge in [-0.25, -0.2) is 4.98 Å². The lowest BCUT2D eigenvalue weighted by molar-refractivity contribution is 0.318. The number of nitrogens with two attached hydrogens (primary N) is 1. The van der Waals surface area contributed by atoms with Crippen LogP contribution in [0.5, 0.6) is 11.6 Å². The molecule has 0 amide bonds. The molecule has 5 nitrogen and oxygen atoms in total. The number of nitrogens with zero attached hydrogens (tertiary/aromatic N) is 2. The fourth-order valence-electron chi connectivity index (χ4n) is 1.69. The molecule has 0 saturated heterocycles. The Labute approximate surface area is 121 Å². The molecule has 20 heavy (non-hydrogen) atoms. The van der Waals surface area contributed by atoms with E-state index in [1.165, 1.54) is 6.20 Å². The molecule has 0 aliphatic carbocycles. The molecular weight excluding hydrogens is 278 g/mol. The van der Waals surface area contributed by atoms with E-state index in [-0.39, 0.29) is 16.7 Å². The summed E-state index contributed by atoms with van der Waals surface area (Å²) in [5.41, 5.74) is 8.01. The van der Waals surface area contributed by atoms with Crippen molar-refractivity contribution in [3.63, 3.8) is 0 Å². The van der Waals surface area contributed by atoms with Crippen molar-refractivity contribution in [2.45, 2.75) is 13.8 Å². The van der Waals surface area contributed by atoms with Crippen molar-refractivity contribution in [1.29, 1.82) is 0 Å². The van der Waals surface area contributed by atoms with Crippen LogP contribution < -0.4 is 10.5 Å². The van der Waals surface area contributed by atoms with Gasteiger partial charge in [0.2, 0.25) is 5.88 Å². The average Bonchev–Trinajstić information content (AvgIpc) is 2.45. The van der Waals surface area contributed by atoms with Gasteiger partial charge in [0, 0.05) is 11.8 Å². The zero-order chi connectivity index (χ0) is 14.7. The molecule has 0 unspecified atom stereocenters. The third-order valence-corrected chi connectivity index (χ3v) is 3.37. The van der Waals surface area contributed by atoms with E-state index in [0.29, 0.717) is 11.3 Å². The maximum absolute atomic E-state index is 8.72. The standard InChI is InChI=1S/C14H14ClN3O2/c1-8-4-3-5-11(9(8)2)20-14-12(15)10(6-7-17-14)13(16)18-19/h3-7,19H,1-2H3,(H2,16,18). The first-order valence-electron chi connectivity index (χ1n) is 5.91. The SMILES string of the molecule is Cc1cccc(Oc2nccc(/C(N)=N/O)c2Cl)c1C. The molecule has 0 aliphatic rings. The monoisotopic (exact) mass is 291 g/mol. The molecule has 1 heterocycles. The van der Waals surface area contributed by atoms with Crippen LogP contribution in [0.3, 0.4) is 0 Å². The predicted octanol–water partition coefficient (Wildman–Crippen LogP) is 3.24. The first-order valence-corrected chi connectivity index (χ1v) is 6.29. The second-order valence-electron chi connectivity index (χ2n) is 4.26. The van der Waals surface area contributed by atoms with Crippen LogP contribution in [0.1, 0.15) is 16.7 Å². The second kappa shape index (κ2) is 5.79. The Hall–Kier alpha value is -2.27. The third-order valence-electron chi connectivity index (χ3n) is 3.00. The van der Waals surface area contributed by atoms with Crippen molar-refractivity contribution in [1.82, 2.24) is 4.98 Å². The second-order valence-corrected chi connectivity index (χ2v) is 4.64. The highest BCUT2D eigenvalue weighted by molar-refractivity contribution is 6.35. The lowest BCUT2D eigenvalue weighted by atomic mass is 10.1. The summed E-state index contributed by atoms with van der Waals surface area (Å²) in [6, 6.07) is 7.26. The zero-order valence-electron chi connectivity index (χ0n) is 11.1.